The number of aliphatic imine (C=N–C) groups is 1. The molecule has 2 saturated heterocycles. The van der Waals surface area contributed by atoms with Crippen molar-refractivity contribution in [1.82, 2.24) is 20.4 Å². The number of amides is 1. The van der Waals surface area contributed by atoms with Crippen LogP contribution in [0.2, 0.25) is 0 Å². The van der Waals surface area contributed by atoms with Crippen molar-refractivity contribution < 1.29 is 4.79 Å². The van der Waals surface area contributed by atoms with Crippen LogP contribution in [-0.2, 0) is 4.79 Å². The molecule has 0 bridgehead atoms. The number of nitrogens with zero attached hydrogens (tertiary/aromatic N) is 3. The molecule has 2 fully saturated rings. The van der Waals surface area contributed by atoms with Crippen molar-refractivity contribution in [2.24, 2.45) is 10.9 Å². The highest BCUT2D eigenvalue weighted by atomic mass is 16.2. The third-order valence-electron chi connectivity index (χ3n) is 5.48. The first-order valence-corrected chi connectivity index (χ1v) is 10.1. The minimum Gasteiger partial charge on any atom is -0.356 e. The Balaban J connectivity index is 1.56. The Morgan fingerprint density at radius 3 is 2.60 bits per heavy atom. The zero-order chi connectivity index (χ0) is 18.1. The predicted octanol–water partition coefficient (Wildman–Crippen LogP) is 1.67. The Kier molecular flexibility index (Phi) is 8.52. The fraction of sp³-hybridized carbons (Fsp3) is 0.895. The van der Waals surface area contributed by atoms with Crippen LogP contribution in [0.15, 0.2) is 4.99 Å². The maximum Gasteiger partial charge on any atom is 0.222 e. The van der Waals surface area contributed by atoms with Crippen molar-refractivity contribution in [3.8, 4) is 0 Å². The normalized spacial score (nSPS) is 23.1. The molecule has 0 aliphatic carbocycles. The van der Waals surface area contributed by atoms with Gasteiger partial charge in [0.25, 0.3) is 0 Å². The fourth-order valence-corrected chi connectivity index (χ4v) is 3.67. The van der Waals surface area contributed by atoms with E-state index in [1.54, 1.807) is 0 Å². The number of carbonyl (C=O) groups excluding carboxylic acids is 1. The Labute approximate surface area is 153 Å². The van der Waals surface area contributed by atoms with E-state index in [2.05, 4.69) is 27.4 Å². The molecule has 0 radical (unpaired) electrons. The summed E-state index contributed by atoms with van der Waals surface area (Å²) in [4.78, 5) is 20.6. The lowest BCUT2D eigenvalue weighted by atomic mass is 9.99. The second-order valence-electron chi connectivity index (χ2n) is 7.55. The molecule has 0 aromatic heterocycles. The van der Waals surface area contributed by atoms with Gasteiger partial charge in [0.05, 0.1) is 0 Å². The lowest BCUT2D eigenvalue weighted by Crippen LogP contribution is -2.45. The standard InChI is InChI=1S/C19H37N5O/c1-4-18(25)24-14-9-17(15-24)22-19(20-3)21-10-5-6-11-23-12-7-16(2)8-13-23/h16-17H,4-15H2,1-3H3,(H2,20,21,22). The summed E-state index contributed by atoms with van der Waals surface area (Å²) in [5.74, 6) is 2.02. The molecule has 2 aliphatic heterocycles. The van der Waals surface area contributed by atoms with Gasteiger partial charge in [-0.1, -0.05) is 13.8 Å². The van der Waals surface area contributed by atoms with Crippen molar-refractivity contribution in [2.75, 3.05) is 46.3 Å². The molecule has 2 aliphatic rings. The van der Waals surface area contributed by atoms with E-state index >= 15 is 0 Å². The smallest absolute Gasteiger partial charge is 0.222 e. The van der Waals surface area contributed by atoms with Crippen molar-refractivity contribution in [1.29, 1.82) is 0 Å². The van der Waals surface area contributed by atoms with Crippen LogP contribution in [0.1, 0.15) is 52.4 Å². The molecule has 2 rings (SSSR count). The molecule has 2 N–H and O–H groups in total. The first-order valence-electron chi connectivity index (χ1n) is 10.1. The molecule has 0 aromatic rings. The first kappa shape index (κ1) is 20.0. The summed E-state index contributed by atoms with van der Waals surface area (Å²) in [6.45, 7) is 10.6. The van der Waals surface area contributed by atoms with E-state index in [9.17, 15) is 4.79 Å². The highest BCUT2D eigenvalue weighted by Gasteiger charge is 2.25. The van der Waals surface area contributed by atoms with Gasteiger partial charge in [0, 0.05) is 39.1 Å². The van der Waals surface area contributed by atoms with E-state index in [0.29, 0.717) is 12.5 Å². The van der Waals surface area contributed by atoms with Crippen LogP contribution in [-0.4, -0.2) is 74.0 Å². The lowest BCUT2D eigenvalue weighted by Gasteiger charge is -2.30. The molecule has 1 atom stereocenters. The van der Waals surface area contributed by atoms with Crippen LogP contribution in [0.4, 0.5) is 0 Å². The summed E-state index contributed by atoms with van der Waals surface area (Å²) < 4.78 is 0. The van der Waals surface area contributed by atoms with Gasteiger partial charge in [0.15, 0.2) is 5.96 Å². The zero-order valence-corrected chi connectivity index (χ0v) is 16.4. The number of likely N-dealkylation sites (tertiary alicyclic amines) is 2. The monoisotopic (exact) mass is 351 g/mol. The van der Waals surface area contributed by atoms with Crippen LogP contribution in [0.5, 0.6) is 0 Å². The molecule has 0 spiro atoms. The summed E-state index contributed by atoms with van der Waals surface area (Å²) in [5, 5.41) is 6.87. The SMILES string of the molecule is CCC(=O)N1CCC(NC(=NC)NCCCCN2CCC(C)CC2)C1. The highest BCUT2D eigenvalue weighted by Crippen LogP contribution is 2.16. The Morgan fingerprint density at radius 1 is 1.16 bits per heavy atom. The summed E-state index contributed by atoms with van der Waals surface area (Å²) in [6.07, 6.45) is 6.70. The van der Waals surface area contributed by atoms with Crippen molar-refractivity contribution in [2.45, 2.75) is 58.4 Å². The fourth-order valence-electron chi connectivity index (χ4n) is 3.67. The van der Waals surface area contributed by atoms with Gasteiger partial charge in [-0.15, -0.1) is 0 Å². The molecular formula is C19H37N5O. The van der Waals surface area contributed by atoms with Crippen LogP contribution in [0, 0.1) is 5.92 Å². The van der Waals surface area contributed by atoms with Crippen LogP contribution < -0.4 is 10.6 Å². The number of piperidine rings is 1. The minimum absolute atomic E-state index is 0.249. The van der Waals surface area contributed by atoms with Gasteiger partial charge in [-0.25, -0.2) is 0 Å². The van der Waals surface area contributed by atoms with E-state index in [4.69, 9.17) is 0 Å². The van der Waals surface area contributed by atoms with Gasteiger partial charge in [0.1, 0.15) is 0 Å². The van der Waals surface area contributed by atoms with Gasteiger partial charge in [-0.2, -0.15) is 0 Å². The third kappa shape index (κ3) is 6.84. The Bertz CT molecular complexity index is 432. The van der Waals surface area contributed by atoms with E-state index in [-0.39, 0.29) is 5.91 Å². The zero-order valence-electron chi connectivity index (χ0n) is 16.4. The summed E-state index contributed by atoms with van der Waals surface area (Å²) in [7, 11) is 1.81. The van der Waals surface area contributed by atoms with Crippen LogP contribution in [0.3, 0.4) is 0 Å². The van der Waals surface area contributed by atoms with E-state index in [0.717, 1.165) is 44.4 Å². The number of unbranched alkanes of at least 4 members (excludes halogenated alkanes) is 1. The molecular weight excluding hydrogens is 314 g/mol. The average molecular weight is 352 g/mol. The summed E-state index contributed by atoms with van der Waals surface area (Å²) >= 11 is 0. The highest BCUT2D eigenvalue weighted by molar-refractivity contribution is 5.80. The van der Waals surface area contributed by atoms with Crippen LogP contribution in [0.25, 0.3) is 0 Å². The maximum atomic E-state index is 11.8. The van der Waals surface area contributed by atoms with Crippen molar-refractivity contribution >= 4 is 11.9 Å². The molecule has 0 aromatic carbocycles. The van der Waals surface area contributed by atoms with Gasteiger partial charge in [-0.05, 0) is 57.7 Å². The molecule has 144 valence electrons. The quantitative estimate of drug-likeness (QED) is 0.416. The summed E-state index contributed by atoms with van der Waals surface area (Å²) in [6, 6.07) is 0.317. The first-order chi connectivity index (χ1) is 12.1. The maximum absolute atomic E-state index is 11.8. The van der Waals surface area contributed by atoms with Gasteiger partial charge < -0.3 is 20.4 Å². The lowest BCUT2D eigenvalue weighted by molar-refractivity contribution is -0.129. The minimum atomic E-state index is 0.249. The number of hydrogen-bond donors (Lipinski definition) is 2. The number of rotatable bonds is 7. The van der Waals surface area contributed by atoms with E-state index in [1.807, 2.05) is 18.9 Å². The Hall–Kier alpha value is -1.30. The largest absolute Gasteiger partial charge is 0.356 e. The second-order valence-corrected chi connectivity index (χ2v) is 7.55. The Morgan fingerprint density at radius 2 is 1.92 bits per heavy atom. The number of nitrogens with one attached hydrogen (secondary N) is 2. The second kappa shape index (κ2) is 10.6. The predicted molar refractivity (Wildman–Crippen MR) is 104 cm³/mol. The average Bonchev–Trinajstić information content (AvgIpc) is 3.10. The third-order valence-corrected chi connectivity index (χ3v) is 5.48. The summed E-state index contributed by atoms with van der Waals surface area (Å²) in [5.41, 5.74) is 0. The van der Waals surface area contributed by atoms with E-state index < -0.39 is 0 Å². The molecule has 1 amide bonds. The topological polar surface area (TPSA) is 60.0 Å². The van der Waals surface area contributed by atoms with Gasteiger partial charge >= 0.3 is 0 Å². The van der Waals surface area contributed by atoms with Gasteiger partial charge in [0.2, 0.25) is 5.91 Å². The molecule has 2 heterocycles. The number of carbonyl (C=O) groups is 1. The molecule has 1 unspecified atom stereocenters. The molecule has 0 saturated carbocycles. The van der Waals surface area contributed by atoms with Crippen molar-refractivity contribution in [3.05, 3.63) is 0 Å². The molecule has 25 heavy (non-hydrogen) atoms. The van der Waals surface area contributed by atoms with E-state index in [1.165, 1.54) is 38.9 Å². The van der Waals surface area contributed by atoms with Crippen molar-refractivity contribution in [3.63, 3.8) is 0 Å². The van der Waals surface area contributed by atoms with Crippen LogP contribution >= 0.6 is 0 Å². The number of guanidine groups is 1. The number of hydrogen-bond acceptors (Lipinski definition) is 3. The molecule has 6 nitrogen and oxygen atoms in total. The molecule has 6 heteroatoms. The van der Waals surface area contributed by atoms with Gasteiger partial charge in [-0.3, -0.25) is 9.79 Å².